The minimum absolute atomic E-state index is 0.0480. The lowest BCUT2D eigenvalue weighted by molar-refractivity contribution is -0.138. The predicted octanol–water partition coefficient (Wildman–Crippen LogP) is 2.68. The Bertz CT molecular complexity index is 597. The molecule has 19 heavy (non-hydrogen) atoms. The molecule has 0 fully saturated rings. The molecule has 5 nitrogen and oxygen atoms in total. The number of carbonyl (C=O) groups is 2. The summed E-state index contributed by atoms with van der Waals surface area (Å²) >= 11 is 11.5. The number of rotatable bonds is 3. The summed E-state index contributed by atoms with van der Waals surface area (Å²) in [5, 5.41) is 11.6. The van der Waals surface area contributed by atoms with E-state index in [1.807, 2.05) is 0 Å². The van der Waals surface area contributed by atoms with E-state index in [0.717, 1.165) is 5.56 Å². The number of carboxylic acid groups (broad SMARTS) is 1. The van der Waals surface area contributed by atoms with Crippen LogP contribution in [-0.2, 0) is 9.53 Å². The minimum atomic E-state index is -1.05. The molecule has 1 aliphatic heterocycles. The molecule has 7 heteroatoms. The lowest BCUT2D eigenvalue weighted by Crippen LogP contribution is -2.21. The van der Waals surface area contributed by atoms with Crippen molar-refractivity contribution in [2.75, 3.05) is 5.32 Å². The van der Waals surface area contributed by atoms with E-state index < -0.39 is 18.2 Å². The smallest absolute Gasteiger partial charge is 0.353 e. The highest BCUT2D eigenvalue weighted by Gasteiger charge is 2.32. The van der Waals surface area contributed by atoms with Crippen LogP contribution in [-0.4, -0.2) is 23.3 Å². The van der Waals surface area contributed by atoms with E-state index in [-0.39, 0.29) is 15.6 Å². The van der Waals surface area contributed by atoms with Crippen LogP contribution >= 0.6 is 23.2 Å². The van der Waals surface area contributed by atoms with Crippen molar-refractivity contribution in [2.24, 2.45) is 0 Å². The van der Waals surface area contributed by atoms with Crippen LogP contribution in [0.25, 0.3) is 0 Å². The van der Waals surface area contributed by atoms with E-state index in [4.69, 9.17) is 33.0 Å². The average molecular weight is 302 g/mol. The number of hydrogen-bond donors (Lipinski definition) is 2. The zero-order chi connectivity index (χ0) is 14.2. The number of halogens is 2. The van der Waals surface area contributed by atoms with Gasteiger partial charge in [-0.15, -0.1) is 0 Å². The summed E-state index contributed by atoms with van der Waals surface area (Å²) in [6, 6.07) is 4.55. The van der Waals surface area contributed by atoms with Crippen LogP contribution in [0.5, 0.6) is 0 Å². The molecule has 0 unspecified atom stereocenters. The van der Waals surface area contributed by atoms with Gasteiger partial charge in [0.05, 0.1) is 5.56 Å². The van der Waals surface area contributed by atoms with Crippen LogP contribution in [0.2, 0.25) is 0 Å². The number of benzene rings is 1. The molecule has 0 spiro atoms. The van der Waals surface area contributed by atoms with Crippen LogP contribution in [0.4, 0.5) is 5.69 Å². The summed E-state index contributed by atoms with van der Waals surface area (Å²) in [5.41, 5.74) is 1.40. The second-order valence-corrected chi connectivity index (χ2v) is 4.71. The monoisotopic (exact) mass is 301 g/mol. The third-order valence-corrected chi connectivity index (χ3v) is 3.46. The number of carboxylic acids is 1. The fraction of sp³-hybridized carbons (Fsp3) is 0.167. The van der Waals surface area contributed by atoms with Crippen molar-refractivity contribution in [1.82, 2.24) is 0 Å². The number of carbonyl (C=O) groups excluding carboxylic acids is 1. The van der Waals surface area contributed by atoms with Crippen molar-refractivity contribution in [2.45, 2.75) is 13.2 Å². The third kappa shape index (κ3) is 2.67. The Hall–Kier alpha value is -1.72. The molecular weight excluding hydrogens is 293 g/mol. The van der Waals surface area contributed by atoms with Crippen molar-refractivity contribution < 1.29 is 19.4 Å². The van der Waals surface area contributed by atoms with Gasteiger partial charge in [0.2, 0.25) is 6.23 Å². The Morgan fingerprint density at radius 2 is 2.11 bits per heavy atom. The highest BCUT2D eigenvalue weighted by atomic mass is 35.5. The van der Waals surface area contributed by atoms with Crippen LogP contribution in [0, 0.1) is 6.92 Å². The molecule has 2 N–H and O–H groups in total. The fourth-order valence-electron chi connectivity index (χ4n) is 1.57. The van der Waals surface area contributed by atoms with E-state index in [0.29, 0.717) is 5.69 Å². The molecule has 0 bridgehead atoms. The number of aromatic carboxylic acids is 1. The lowest BCUT2D eigenvalue weighted by atomic mass is 10.1. The summed E-state index contributed by atoms with van der Waals surface area (Å²) in [7, 11) is 0. The summed E-state index contributed by atoms with van der Waals surface area (Å²) < 4.78 is 4.91. The maximum absolute atomic E-state index is 11.2. The van der Waals surface area contributed by atoms with Gasteiger partial charge in [-0.3, -0.25) is 0 Å². The molecule has 1 heterocycles. The zero-order valence-electron chi connectivity index (χ0n) is 9.74. The summed E-state index contributed by atoms with van der Waals surface area (Å²) in [6.45, 7) is 1.78. The van der Waals surface area contributed by atoms with Gasteiger partial charge in [-0.1, -0.05) is 29.3 Å². The Labute approximate surface area is 118 Å². The quantitative estimate of drug-likeness (QED) is 0.840. The van der Waals surface area contributed by atoms with Gasteiger partial charge in [0.1, 0.15) is 10.1 Å². The average Bonchev–Trinajstić information content (AvgIpc) is 2.59. The molecule has 1 aliphatic rings. The highest BCUT2D eigenvalue weighted by Crippen LogP contribution is 2.30. The summed E-state index contributed by atoms with van der Waals surface area (Å²) in [6.07, 6.45) is -0.899. The van der Waals surface area contributed by atoms with Crippen molar-refractivity contribution >= 4 is 40.8 Å². The number of anilines is 1. The molecule has 1 atom stereocenters. The van der Waals surface area contributed by atoms with Gasteiger partial charge in [-0.2, -0.15) is 0 Å². The van der Waals surface area contributed by atoms with E-state index >= 15 is 0 Å². The molecule has 0 saturated heterocycles. The van der Waals surface area contributed by atoms with Crippen molar-refractivity contribution in [1.29, 1.82) is 0 Å². The molecular formula is C12H9Cl2NO4. The van der Waals surface area contributed by atoms with Crippen molar-refractivity contribution in [3.63, 3.8) is 0 Å². The SMILES string of the molecule is Cc1ccc(C(=O)O)cc1N[C@@H]1OC(=O)C(Cl)=C1Cl. The first-order valence-corrected chi connectivity index (χ1v) is 6.02. The first kappa shape index (κ1) is 13.7. The molecule has 100 valence electrons. The largest absolute Gasteiger partial charge is 0.478 e. The van der Waals surface area contributed by atoms with E-state index in [1.54, 1.807) is 13.0 Å². The Kier molecular flexibility index (Phi) is 3.68. The van der Waals surface area contributed by atoms with Crippen LogP contribution < -0.4 is 5.32 Å². The number of cyclic esters (lactones) is 1. The van der Waals surface area contributed by atoms with Crippen molar-refractivity contribution in [3.05, 3.63) is 39.4 Å². The first-order chi connectivity index (χ1) is 8.90. The highest BCUT2D eigenvalue weighted by molar-refractivity contribution is 6.48. The Morgan fingerprint density at radius 3 is 2.63 bits per heavy atom. The van der Waals surface area contributed by atoms with E-state index in [1.165, 1.54) is 12.1 Å². The van der Waals surface area contributed by atoms with Gasteiger partial charge in [0.15, 0.2) is 0 Å². The van der Waals surface area contributed by atoms with E-state index in [9.17, 15) is 9.59 Å². The Morgan fingerprint density at radius 1 is 1.42 bits per heavy atom. The van der Waals surface area contributed by atoms with Crippen LogP contribution in [0.15, 0.2) is 28.3 Å². The van der Waals surface area contributed by atoms with Gasteiger partial charge in [-0.05, 0) is 24.6 Å². The standard InChI is InChI=1S/C12H9Cl2NO4/c1-5-2-3-6(11(16)17)4-7(5)15-10-8(13)9(14)12(18)19-10/h2-4,10,15H,1H3,(H,16,17)/t10-/m1/s1. The Balaban J connectivity index is 2.27. The van der Waals surface area contributed by atoms with E-state index in [2.05, 4.69) is 5.32 Å². The first-order valence-electron chi connectivity index (χ1n) is 5.27. The number of hydrogen-bond acceptors (Lipinski definition) is 4. The van der Waals surface area contributed by atoms with Gasteiger partial charge >= 0.3 is 11.9 Å². The molecule has 1 aromatic rings. The predicted molar refractivity (Wildman–Crippen MR) is 70.4 cm³/mol. The second kappa shape index (κ2) is 5.11. The minimum Gasteiger partial charge on any atom is -0.478 e. The number of nitrogens with one attached hydrogen (secondary N) is 1. The van der Waals surface area contributed by atoms with Crippen LogP contribution in [0.3, 0.4) is 0 Å². The zero-order valence-corrected chi connectivity index (χ0v) is 11.2. The molecule has 0 saturated carbocycles. The molecule has 2 rings (SSSR count). The normalized spacial score (nSPS) is 18.5. The van der Waals surface area contributed by atoms with Gasteiger partial charge in [-0.25, -0.2) is 9.59 Å². The van der Waals surface area contributed by atoms with Crippen molar-refractivity contribution in [3.8, 4) is 0 Å². The topological polar surface area (TPSA) is 75.6 Å². The maximum atomic E-state index is 11.2. The third-order valence-electron chi connectivity index (χ3n) is 2.62. The summed E-state index contributed by atoms with van der Waals surface area (Å²) in [4.78, 5) is 22.1. The maximum Gasteiger partial charge on any atom is 0.353 e. The van der Waals surface area contributed by atoms with Gasteiger partial charge in [0.25, 0.3) is 0 Å². The second-order valence-electron chi connectivity index (χ2n) is 3.93. The summed E-state index contributed by atoms with van der Waals surface area (Å²) in [5.74, 6) is -1.76. The number of ether oxygens (including phenoxy) is 1. The van der Waals surface area contributed by atoms with Gasteiger partial charge in [0, 0.05) is 5.69 Å². The molecule has 0 aromatic heterocycles. The molecule has 0 amide bonds. The lowest BCUT2D eigenvalue weighted by Gasteiger charge is -2.16. The molecule has 1 aromatic carbocycles. The number of esters is 1. The molecule has 0 aliphatic carbocycles. The van der Waals surface area contributed by atoms with Crippen LogP contribution in [0.1, 0.15) is 15.9 Å². The number of aryl methyl sites for hydroxylation is 1. The molecule has 0 radical (unpaired) electrons. The van der Waals surface area contributed by atoms with Gasteiger partial charge < -0.3 is 15.2 Å². The fourth-order valence-corrected chi connectivity index (χ4v) is 1.89.